The van der Waals surface area contributed by atoms with Crippen molar-refractivity contribution >= 4 is 42.9 Å². The molecule has 1 unspecified atom stereocenters. The van der Waals surface area contributed by atoms with Crippen LogP contribution in [-0.2, 0) is 5.41 Å². The van der Waals surface area contributed by atoms with Crippen molar-refractivity contribution in [2.45, 2.75) is 44.6 Å². The topological polar surface area (TPSA) is 3.24 Å². The van der Waals surface area contributed by atoms with Gasteiger partial charge in [0.05, 0.1) is 11.5 Å². The van der Waals surface area contributed by atoms with Crippen LogP contribution < -0.4 is 4.90 Å². The minimum atomic E-state index is -0.550. The number of hydrogen-bond donors (Lipinski definition) is 0. The molecule has 1 atom stereocenters. The van der Waals surface area contributed by atoms with Crippen LogP contribution in [0.15, 0.2) is 241 Å². The highest BCUT2D eigenvalue weighted by Crippen LogP contribution is 2.60. The summed E-state index contributed by atoms with van der Waals surface area (Å²) >= 11 is 1.88. The second-order valence-electron chi connectivity index (χ2n) is 18.9. The first-order valence-electron chi connectivity index (χ1n) is 23.6. The van der Waals surface area contributed by atoms with Gasteiger partial charge in [0.2, 0.25) is 0 Å². The van der Waals surface area contributed by atoms with Gasteiger partial charge >= 0.3 is 0 Å². The molecule has 316 valence electrons. The fourth-order valence-electron chi connectivity index (χ4n) is 12.2. The molecule has 8 aromatic carbocycles. The van der Waals surface area contributed by atoms with Crippen LogP contribution in [0.25, 0.3) is 53.6 Å². The summed E-state index contributed by atoms with van der Waals surface area (Å²) in [7, 11) is 0. The molecule has 0 radical (unpaired) electrons. The predicted octanol–water partition coefficient (Wildman–Crippen LogP) is 17.2. The van der Waals surface area contributed by atoms with Crippen LogP contribution in [0.2, 0.25) is 0 Å². The molecule has 1 heterocycles. The Kier molecular flexibility index (Phi) is 8.99. The SMILES string of the molecule is CC1(C)C2=CCCC=C2C2=CCC(N(c3ccc(-c4cccc5sc6ccccc6c45)cc3)c3ccc4c(c3)C(c3ccccc3)(c3ccccc3)c3cccc(-c5ccccc5)c3-4)C=C21. The quantitative estimate of drug-likeness (QED) is 0.154. The summed E-state index contributed by atoms with van der Waals surface area (Å²) in [5.74, 6) is 0. The summed E-state index contributed by atoms with van der Waals surface area (Å²) in [5.41, 5.74) is 20.4. The Bertz CT molecular complexity index is 3470. The highest BCUT2D eigenvalue weighted by Gasteiger charge is 2.48. The molecule has 9 aromatic rings. The molecule has 0 spiro atoms. The zero-order valence-corrected chi connectivity index (χ0v) is 38.2. The molecule has 4 aliphatic rings. The second kappa shape index (κ2) is 15.2. The van der Waals surface area contributed by atoms with E-state index in [4.69, 9.17) is 0 Å². The third kappa shape index (κ3) is 5.77. The van der Waals surface area contributed by atoms with Gasteiger partial charge in [0.25, 0.3) is 0 Å². The largest absolute Gasteiger partial charge is 0.334 e. The molecule has 0 saturated heterocycles. The summed E-state index contributed by atoms with van der Waals surface area (Å²) < 4.78 is 2.66. The van der Waals surface area contributed by atoms with Gasteiger partial charge in [-0.2, -0.15) is 0 Å². The zero-order chi connectivity index (χ0) is 44.0. The van der Waals surface area contributed by atoms with Crippen LogP contribution in [0.1, 0.15) is 55.4 Å². The average Bonchev–Trinajstić information content (AvgIpc) is 3.99. The van der Waals surface area contributed by atoms with Gasteiger partial charge in [-0.1, -0.05) is 196 Å². The second-order valence-corrected chi connectivity index (χ2v) is 20.0. The van der Waals surface area contributed by atoms with E-state index < -0.39 is 5.41 Å². The minimum Gasteiger partial charge on any atom is -0.334 e. The minimum absolute atomic E-state index is 0.0581. The Morgan fingerprint density at radius 1 is 0.485 bits per heavy atom. The number of hydrogen-bond acceptors (Lipinski definition) is 2. The molecular formula is C64H49NS. The lowest BCUT2D eigenvalue weighted by atomic mass is 9.67. The van der Waals surface area contributed by atoms with Crippen molar-refractivity contribution in [3.63, 3.8) is 0 Å². The van der Waals surface area contributed by atoms with Crippen molar-refractivity contribution in [1.29, 1.82) is 0 Å². The zero-order valence-electron chi connectivity index (χ0n) is 37.3. The average molecular weight is 864 g/mol. The lowest BCUT2D eigenvalue weighted by molar-refractivity contribution is 0.568. The summed E-state index contributed by atoms with van der Waals surface area (Å²) in [6.45, 7) is 4.87. The molecular weight excluding hydrogens is 815 g/mol. The first-order chi connectivity index (χ1) is 32.5. The Hall–Kier alpha value is -7.26. The van der Waals surface area contributed by atoms with Crippen molar-refractivity contribution in [2.75, 3.05) is 4.90 Å². The fraction of sp³-hybridized carbons (Fsp3) is 0.125. The number of allylic oxidation sites excluding steroid dienone is 6. The van der Waals surface area contributed by atoms with E-state index >= 15 is 0 Å². The Balaban J connectivity index is 1.04. The van der Waals surface area contributed by atoms with Crippen LogP contribution in [-0.4, -0.2) is 6.04 Å². The lowest BCUT2D eigenvalue weighted by Crippen LogP contribution is -2.33. The van der Waals surface area contributed by atoms with E-state index in [0.717, 1.165) is 19.3 Å². The number of anilines is 2. The maximum atomic E-state index is 2.65. The number of thiophene rings is 1. The van der Waals surface area contributed by atoms with E-state index in [9.17, 15) is 0 Å². The van der Waals surface area contributed by atoms with E-state index in [-0.39, 0.29) is 11.5 Å². The van der Waals surface area contributed by atoms with Crippen molar-refractivity contribution in [3.05, 3.63) is 263 Å². The van der Waals surface area contributed by atoms with E-state index in [1.165, 1.54) is 109 Å². The Morgan fingerprint density at radius 3 is 1.88 bits per heavy atom. The molecule has 1 saturated carbocycles. The van der Waals surface area contributed by atoms with E-state index in [0.29, 0.717) is 0 Å². The number of benzene rings is 8. The molecule has 1 nitrogen and oxygen atoms in total. The lowest BCUT2D eigenvalue weighted by Gasteiger charge is -2.37. The molecule has 0 N–H and O–H groups in total. The third-order valence-electron chi connectivity index (χ3n) is 15.1. The summed E-state index contributed by atoms with van der Waals surface area (Å²) in [4.78, 5) is 2.65. The monoisotopic (exact) mass is 863 g/mol. The summed E-state index contributed by atoms with van der Waals surface area (Å²) in [5, 5.41) is 2.67. The van der Waals surface area contributed by atoms with Crippen molar-refractivity contribution in [3.8, 4) is 33.4 Å². The summed E-state index contributed by atoms with van der Waals surface area (Å²) in [6.07, 6.45) is 13.3. The first-order valence-corrected chi connectivity index (χ1v) is 24.4. The maximum Gasteiger partial charge on any atom is 0.0714 e. The molecule has 4 aliphatic carbocycles. The van der Waals surface area contributed by atoms with Gasteiger partial charge in [-0.3, -0.25) is 0 Å². The van der Waals surface area contributed by atoms with E-state index in [1.54, 1.807) is 0 Å². The maximum absolute atomic E-state index is 2.65. The first kappa shape index (κ1) is 39.1. The highest BCUT2D eigenvalue weighted by atomic mass is 32.1. The van der Waals surface area contributed by atoms with Crippen LogP contribution in [0.4, 0.5) is 11.4 Å². The van der Waals surface area contributed by atoms with Crippen LogP contribution in [0, 0.1) is 5.41 Å². The standard InChI is InChI=1S/C64H49NS/c1-63(2)55-28-14-12-24-51(55)52-38-36-47(40-57(52)63)65(46-34-32-43(33-35-46)50-27-17-31-60-62(50)54-25-13-15-30-59(54)66-60)48-37-39-53-58(41-48)64(44-20-8-4-9-21-44,45-22-10-5-11-23-45)56-29-16-26-49(61(53)56)42-18-6-3-7-19-42/h3-11,13,15-35,37-41,47H,12,14,36H2,1-2H3. The molecule has 66 heavy (non-hydrogen) atoms. The van der Waals surface area contributed by atoms with Gasteiger partial charge in [0, 0.05) is 37.0 Å². The number of fused-ring (bicyclic) bond motifs is 9. The molecule has 1 fully saturated rings. The fourth-order valence-corrected chi connectivity index (χ4v) is 13.4. The van der Waals surface area contributed by atoms with Crippen LogP contribution in [0.3, 0.4) is 0 Å². The van der Waals surface area contributed by atoms with Gasteiger partial charge in [-0.15, -0.1) is 11.3 Å². The van der Waals surface area contributed by atoms with Gasteiger partial charge in [-0.25, -0.2) is 0 Å². The Labute approximate surface area is 392 Å². The summed E-state index contributed by atoms with van der Waals surface area (Å²) in [6, 6.07) is 73.0. The normalized spacial score (nSPS) is 17.5. The number of rotatable bonds is 7. The van der Waals surface area contributed by atoms with Gasteiger partial charge in [-0.05, 0) is 134 Å². The third-order valence-corrected chi connectivity index (χ3v) is 16.3. The van der Waals surface area contributed by atoms with Crippen LogP contribution in [0.5, 0.6) is 0 Å². The molecule has 0 aliphatic heterocycles. The molecule has 2 heteroatoms. The van der Waals surface area contributed by atoms with Gasteiger partial charge in [0.15, 0.2) is 0 Å². The molecule has 0 amide bonds. The number of nitrogens with zero attached hydrogens (tertiary/aromatic N) is 1. The highest BCUT2D eigenvalue weighted by molar-refractivity contribution is 7.25. The smallest absolute Gasteiger partial charge is 0.0714 e. The van der Waals surface area contributed by atoms with Crippen molar-refractivity contribution in [1.82, 2.24) is 0 Å². The van der Waals surface area contributed by atoms with Crippen molar-refractivity contribution < 1.29 is 0 Å². The molecule has 13 rings (SSSR count). The predicted molar refractivity (Wildman–Crippen MR) is 280 cm³/mol. The van der Waals surface area contributed by atoms with E-state index in [1.807, 2.05) is 11.3 Å². The molecule has 0 bridgehead atoms. The van der Waals surface area contributed by atoms with Gasteiger partial charge in [0.1, 0.15) is 0 Å². The van der Waals surface area contributed by atoms with Crippen molar-refractivity contribution in [2.24, 2.45) is 5.41 Å². The van der Waals surface area contributed by atoms with E-state index in [2.05, 4.69) is 237 Å². The van der Waals surface area contributed by atoms with Gasteiger partial charge < -0.3 is 4.90 Å². The Morgan fingerprint density at radius 2 is 1.11 bits per heavy atom. The molecule has 1 aromatic heterocycles. The van der Waals surface area contributed by atoms with Crippen LogP contribution >= 0.6 is 11.3 Å².